The van der Waals surface area contributed by atoms with Crippen LogP contribution in [0.5, 0.6) is 0 Å². The Balaban J connectivity index is 1.74. The topological polar surface area (TPSA) is 63.2 Å². The van der Waals surface area contributed by atoms with E-state index in [1.165, 1.54) is 6.07 Å². The van der Waals surface area contributed by atoms with Crippen LogP contribution >= 0.6 is 0 Å². The molecule has 1 heterocycles. The van der Waals surface area contributed by atoms with E-state index < -0.39 is 9.84 Å². The molecule has 1 amide bonds. The first kappa shape index (κ1) is 18.6. The lowest BCUT2D eigenvalue weighted by Gasteiger charge is -2.25. The van der Waals surface area contributed by atoms with Gasteiger partial charge in [-0.2, -0.15) is 0 Å². The van der Waals surface area contributed by atoms with Gasteiger partial charge in [-0.15, -0.1) is 0 Å². The minimum atomic E-state index is -2.97. The summed E-state index contributed by atoms with van der Waals surface area (Å²) in [5.74, 6) is -0.699. The molecule has 6 heteroatoms. The number of rotatable bonds is 5. The van der Waals surface area contributed by atoms with Crippen molar-refractivity contribution in [3.63, 3.8) is 0 Å². The number of hydrogen-bond acceptors (Lipinski definition) is 3. The molecule has 0 radical (unpaired) electrons. The second kappa shape index (κ2) is 7.99. The van der Waals surface area contributed by atoms with Crippen LogP contribution in [0.3, 0.4) is 0 Å². The number of benzene rings is 2. The second-order valence-electron chi connectivity index (χ2n) is 6.68. The van der Waals surface area contributed by atoms with Crippen LogP contribution in [0.1, 0.15) is 36.3 Å². The van der Waals surface area contributed by atoms with Crippen LogP contribution in [0.15, 0.2) is 54.6 Å². The number of carbonyl (C=O) groups excluding carboxylic acids is 1. The van der Waals surface area contributed by atoms with Gasteiger partial charge in [-0.05, 0) is 30.0 Å². The maximum absolute atomic E-state index is 14.3. The van der Waals surface area contributed by atoms with E-state index in [4.69, 9.17) is 0 Å². The minimum Gasteiger partial charge on any atom is -0.353 e. The van der Waals surface area contributed by atoms with Gasteiger partial charge in [-0.25, -0.2) is 12.8 Å². The van der Waals surface area contributed by atoms with Gasteiger partial charge in [0.2, 0.25) is 5.91 Å². The zero-order valence-electron chi connectivity index (χ0n) is 14.4. The summed E-state index contributed by atoms with van der Waals surface area (Å²) in [6.45, 7) is 0. The van der Waals surface area contributed by atoms with E-state index in [-0.39, 0.29) is 41.6 Å². The summed E-state index contributed by atoms with van der Waals surface area (Å²) in [7, 11) is -2.97. The molecular formula is C20H22FNO3S. The Kier molecular flexibility index (Phi) is 5.71. The summed E-state index contributed by atoms with van der Waals surface area (Å²) in [6, 6.07) is 15.7. The van der Waals surface area contributed by atoms with Gasteiger partial charge in [0.15, 0.2) is 0 Å². The van der Waals surface area contributed by atoms with Gasteiger partial charge in [0.05, 0.1) is 11.5 Å². The van der Waals surface area contributed by atoms with Crippen LogP contribution in [0.4, 0.5) is 4.39 Å². The highest BCUT2D eigenvalue weighted by Gasteiger charge is 2.26. The smallest absolute Gasteiger partial charge is 0.221 e. The Morgan fingerprint density at radius 3 is 2.31 bits per heavy atom. The molecule has 0 aliphatic carbocycles. The highest BCUT2D eigenvalue weighted by Crippen LogP contribution is 2.30. The highest BCUT2D eigenvalue weighted by molar-refractivity contribution is 7.91. The van der Waals surface area contributed by atoms with Gasteiger partial charge in [0.1, 0.15) is 15.7 Å². The number of carbonyl (C=O) groups is 1. The van der Waals surface area contributed by atoms with Gasteiger partial charge >= 0.3 is 0 Å². The molecule has 138 valence electrons. The van der Waals surface area contributed by atoms with Crippen molar-refractivity contribution in [3.8, 4) is 0 Å². The van der Waals surface area contributed by atoms with Crippen LogP contribution in [0.2, 0.25) is 0 Å². The average Bonchev–Trinajstić information content (AvgIpc) is 2.63. The van der Waals surface area contributed by atoms with Crippen molar-refractivity contribution in [2.75, 3.05) is 11.5 Å². The molecule has 0 spiro atoms. The van der Waals surface area contributed by atoms with Crippen molar-refractivity contribution in [3.05, 3.63) is 71.5 Å². The normalized spacial score (nSPS) is 18.2. The van der Waals surface area contributed by atoms with E-state index in [2.05, 4.69) is 5.32 Å². The maximum Gasteiger partial charge on any atom is 0.221 e. The molecule has 4 nitrogen and oxygen atoms in total. The van der Waals surface area contributed by atoms with E-state index in [9.17, 15) is 17.6 Å². The van der Waals surface area contributed by atoms with Gasteiger partial charge in [0, 0.05) is 18.4 Å². The Bertz CT molecular complexity index is 854. The first-order valence-electron chi connectivity index (χ1n) is 8.74. The molecule has 0 bridgehead atoms. The first-order valence-corrected chi connectivity index (χ1v) is 10.6. The third kappa shape index (κ3) is 4.69. The molecule has 1 fully saturated rings. The van der Waals surface area contributed by atoms with Crippen LogP contribution < -0.4 is 5.32 Å². The van der Waals surface area contributed by atoms with Crippen LogP contribution in [-0.2, 0) is 14.6 Å². The van der Waals surface area contributed by atoms with E-state index in [1.54, 1.807) is 18.2 Å². The molecule has 1 atom stereocenters. The van der Waals surface area contributed by atoms with Crippen molar-refractivity contribution in [2.45, 2.75) is 31.2 Å². The molecule has 2 aromatic rings. The van der Waals surface area contributed by atoms with Crippen LogP contribution in [0, 0.1) is 5.82 Å². The molecule has 1 unspecified atom stereocenters. The fraction of sp³-hybridized carbons (Fsp3) is 0.350. The number of nitrogens with one attached hydrogen (secondary N) is 1. The van der Waals surface area contributed by atoms with Crippen molar-refractivity contribution in [2.24, 2.45) is 0 Å². The SMILES string of the molecule is O=C(CC(c1ccccc1)c1ccccc1F)NC1CCS(=O)(=O)CC1. The lowest BCUT2D eigenvalue weighted by Crippen LogP contribution is -2.41. The fourth-order valence-corrected chi connectivity index (χ4v) is 4.85. The summed E-state index contributed by atoms with van der Waals surface area (Å²) < 4.78 is 37.3. The summed E-state index contributed by atoms with van der Waals surface area (Å²) in [5.41, 5.74) is 1.36. The summed E-state index contributed by atoms with van der Waals surface area (Å²) in [6.07, 6.45) is 0.988. The predicted molar refractivity (Wildman–Crippen MR) is 99.1 cm³/mol. The molecule has 0 aromatic heterocycles. The van der Waals surface area contributed by atoms with E-state index in [1.807, 2.05) is 30.3 Å². The number of halogens is 1. The number of hydrogen-bond donors (Lipinski definition) is 1. The largest absolute Gasteiger partial charge is 0.353 e. The Hall–Kier alpha value is -2.21. The summed E-state index contributed by atoms with van der Waals surface area (Å²) in [5, 5.41) is 2.92. The summed E-state index contributed by atoms with van der Waals surface area (Å²) >= 11 is 0. The molecule has 26 heavy (non-hydrogen) atoms. The van der Waals surface area contributed by atoms with Crippen molar-refractivity contribution in [1.29, 1.82) is 0 Å². The van der Waals surface area contributed by atoms with E-state index in [0.717, 1.165) is 5.56 Å². The molecule has 1 N–H and O–H groups in total. The zero-order chi connectivity index (χ0) is 18.6. The lowest BCUT2D eigenvalue weighted by molar-refractivity contribution is -0.122. The van der Waals surface area contributed by atoms with Crippen molar-refractivity contribution in [1.82, 2.24) is 5.32 Å². The fourth-order valence-electron chi connectivity index (χ4n) is 3.36. The van der Waals surface area contributed by atoms with Gasteiger partial charge < -0.3 is 5.32 Å². The summed E-state index contributed by atoms with van der Waals surface area (Å²) in [4.78, 5) is 12.6. The molecule has 2 aromatic carbocycles. The third-order valence-corrected chi connectivity index (χ3v) is 6.51. The Labute approximate surface area is 153 Å². The molecule has 0 saturated carbocycles. The Morgan fingerprint density at radius 1 is 1.04 bits per heavy atom. The molecule has 1 saturated heterocycles. The lowest BCUT2D eigenvalue weighted by atomic mass is 9.88. The first-order chi connectivity index (χ1) is 12.4. The third-order valence-electron chi connectivity index (χ3n) is 4.79. The van der Waals surface area contributed by atoms with E-state index in [0.29, 0.717) is 18.4 Å². The van der Waals surface area contributed by atoms with Gasteiger partial charge in [-0.1, -0.05) is 48.5 Å². The number of sulfone groups is 1. The average molecular weight is 375 g/mol. The van der Waals surface area contributed by atoms with Crippen molar-refractivity contribution < 1.29 is 17.6 Å². The Morgan fingerprint density at radius 2 is 1.65 bits per heavy atom. The zero-order valence-corrected chi connectivity index (χ0v) is 15.2. The quantitative estimate of drug-likeness (QED) is 0.874. The number of amides is 1. The van der Waals surface area contributed by atoms with Crippen molar-refractivity contribution >= 4 is 15.7 Å². The van der Waals surface area contributed by atoms with Gasteiger partial charge in [-0.3, -0.25) is 4.79 Å². The monoisotopic (exact) mass is 375 g/mol. The van der Waals surface area contributed by atoms with Gasteiger partial charge in [0.25, 0.3) is 0 Å². The van der Waals surface area contributed by atoms with E-state index >= 15 is 0 Å². The molecule has 1 aliphatic rings. The van der Waals surface area contributed by atoms with Crippen LogP contribution in [-0.4, -0.2) is 31.9 Å². The second-order valence-corrected chi connectivity index (χ2v) is 8.99. The van der Waals surface area contributed by atoms with Crippen LogP contribution in [0.25, 0.3) is 0 Å². The predicted octanol–water partition coefficient (Wildman–Crippen LogP) is 3.04. The molecule has 3 rings (SSSR count). The molecular weight excluding hydrogens is 353 g/mol. The molecule has 1 aliphatic heterocycles. The highest BCUT2D eigenvalue weighted by atomic mass is 32.2. The minimum absolute atomic E-state index is 0.105. The maximum atomic E-state index is 14.3. The standard InChI is InChI=1S/C20H22FNO3S/c21-19-9-5-4-8-17(19)18(15-6-2-1-3-7-15)14-20(23)22-16-10-12-26(24,25)13-11-16/h1-9,16,18H,10-14H2,(H,22,23).